The van der Waals surface area contributed by atoms with E-state index in [-0.39, 0.29) is 18.3 Å². The van der Waals surface area contributed by atoms with Crippen LogP contribution in [0.4, 0.5) is 4.39 Å². The van der Waals surface area contributed by atoms with Gasteiger partial charge in [-0.15, -0.1) is 0 Å². The van der Waals surface area contributed by atoms with Gasteiger partial charge in [0, 0.05) is 18.7 Å². The molecule has 0 aliphatic rings. The average Bonchev–Trinajstić information content (AvgIpc) is 2.28. The number of aliphatic hydroxyl groups excluding tert-OH is 1. The predicted molar refractivity (Wildman–Crippen MR) is 64.4 cm³/mol. The van der Waals surface area contributed by atoms with E-state index < -0.39 is 0 Å². The average molecular weight is 239 g/mol. The van der Waals surface area contributed by atoms with Gasteiger partial charge in [-0.1, -0.05) is 0 Å². The van der Waals surface area contributed by atoms with E-state index in [1.54, 1.807) is 6.92 Å². The molecule has 0 spiro atoms. The molecule has 1 aromatic rings. The third-order valence-corrected chi connectivity index (χ3v) is 2.55. The standard InChI is InChI=1S/C13H18FNO2/c1-10-9-11(14)5-6-12(10)13(17)15-7-3-2-4-8-16/h5-6,9,16H,2-4,7-8H2,1H3,(H,15,17). The first-order valence-electron chi connectivity index (χ1n) is 5.80. The number of aliphatic hydroxyl groups is 1. The molecule has 0 radical (unpaired) electrons. The lowest BCUT2D eigenvalue weighted by Gasteiger charge is -2.07. The molecule has 0 saturated heterocycles. The second kappa shape index (κ2) is 7.01. The molecule has 2 N–H and O–H groups in total. The molecule has 4 heteroatoms. The summed E-state index contributed by atoms with van der Waals surface area (Å²) in [5.41, 5.74) is 1.14. The number of amides is 1. The van der Waals surface area contributed by atoms with Gasteiger partial charge in [0.25, 0.3) is 5.91 Å². The second-order valence-electron chi connectivity index (χ2n) is 4.00. The number of carbonyl (C=O) groups is 1. The molecular formula is C13H18FNO2. The molecule has 1 amide bonds. The van der Waals surface area contributed by atoms with E-state index in [0.29, 0.717) is 17.7 Å². The SMILES string of the molecule is Cc1cc(F)ccc1C(=O)NCCCCCO. The maximum atomic E-state index is 12.8. The lowest BCUT2D eigenvalue weighted by molar-refractivity contribution is 0.0952. The Hall–Kier alpha value is -1.42. The highest BCUT2D eigenvalue weighted by Crippen LogP contribution is 2.09. The van der Waals surface area contributed by atoms with Gasteiger partial charge in [-0.3, -0.25) is 4.79 Å². The number of nitrogens with one attached hydrogen (secondary N) is 1. The van der Waals surface area contributed by atoms with Crippen molar-refractivity contribution in [1.29, 1.82) is 0 Å². The molecular weight excluding hydrogens is 221 g/mol. The number of aryl methyl sites for hydroxylation is 1. The lowest BCUT2D eigenvalue weighted by atomic mass is 10.1. The lowest BCUT2D eigenvalue weighted by Crippen LogP contribution is -2.25. The van der Waals surface area contributed by atoms with Gasteiger partial charge in [0.1, 0.15) is 5.82 Å². The summed E-state index contributed by atoms with van der Waals surface area (Å²) >= 11 is 0. The van der Waals surface area contributed by atoms with Crippen LogP contribution in [0.25, 0.3) is 0 Å². The highest BCUT2D eigenvalue weighted by Gasteiger charge is 2.08. The Morgan fingerprint density at radius 3 is 2.76 bits per heavy atom. The number of carbonyl (C=O) groups excluding carboxylic acids is 1. The summed E-state index contributed by atoms with van der Waals surface area (Å²) in [6, 6.07) is 4.13. The molecule has 0 atom stereocenters. The molecule has 0 aliphatic heterocycles. The molecule has 0 aromatic heterocycles. The summed E-state index contributed by atoms with van der Waals surface area (Å²) in [6.07, 6.45) is 2.48. The Labute approximate surface area is 101 Å². The Bertz CT molecular complexity index is 380. The number of benzene rings is 1. The van der Waals surface area contributed by atoms with Crippen molar-refractivity contribution in [3.05, 3.63) is 35.1 Å². The zero-order valence-corrected chi connectivity index (χ0v) is 10.0. The van der Waals surface area contributed by atoms with E-state index in [1.807, 2.05) is 0 Å². The summed E-state index contributed by atoms with van der Waals surface area (Å²) in [6.45, 7) is 2.48. The molecule has 0 aliphatic carbocycles. The van der Waals surface area contributed by atoms with Crippen molar-refractivity contribution >= 4 is 5.91 Å². The van der Waals surface area contributed by atoms with E-state index in [9.17, 15) is 9.18 Å². The monoisotopic (exact) mass is 239 g/mol. The second-order valence-corrected chi connectivity index (χ2v) is 4.00. The summed E-state index contributed by atoms with van der Waals surface area (Å²) in [4.78, 5) is 11.7. The van der Waals surface area contributed by atoms with Crippen molar-refractivity contribution in [2.45, 2.75) is 26.2 Å². The van der Waals surface area contributed by atoms with E-state index in [2.05, 4.69) is 5.32 Å². The Morgan fingerprint density at radius 1 is 1.35 bits per heavy atom. The van der Waals surface area contributed by atoms with E-state index >= 15 is 0 Å². The predicted octanol–water partition coefficient (Wildman–Crippen LogP) is 2.03. The van der Waals surface area contributed by atoms with E-state index in [1.165, 1.54) is 18.2 Å². The smallest absolute Gasteiger partial charge is 0.251 e. The highest BCUT2D eigenvalue weighted by atomic mass is 19.1. The van der Waals surface area contributed by atoms with E-state index in [4.69, 9.17) is 5.11 Å². The van der Waals surface area contributed by atoms with Crippen molar-refractivity contribution in [3.63, 3.8) is 0 Å². The Morgan fingerprint density at radius 2 is 2.12 bits per heavy atom. The highest BCUT2D eigenvalue weighted by molar-refractivity contribution is 5.95. The van der Waals surface area contributed by atoms with Crippen LogP contribution in [0, 0.1) is 12.7 Å². The molecule has 0 unspecified atom stereocenters. The van der Waals surface area contributed by atoms with Crippen molar-refractivity contribution in [2.75, 3.05) is 13.2 Å². The fourth-order valence-corrected chi connectivity index (χ4v) is 1.59. The minimum atomic E-state index is -0.331. The Kier molecular flexibility index (Phi) is 5.63. The molecule has 3 nitrogen and oxygen atoms in total. The summed E-state index contributed by atoms with van der Waals surface area (Å²) in [7, 11) is 0. The van der Waals surface area contributed by atoms with Crippen LogP contribution >= 0.6 is 0 Å². The topological polar surface area (TPSA) is 49.3 Å². The van der Waals surface area contributed by atoms with Gasteiger partial charge >= 0.3 is 0 Å². The third-order valence-electron chi connectivity index (χ3n) is 2.55. The van der Waals surface area contributed by atoms with Crippen LogP contribution in [0.5, 0.6) is 0 Å². The quantitative estimate of drug-likeness (QED) is 0.746. The molecule has 0 heterocycles. The van der Waals surface area contributed by atoms with Crippen LogP contribution in [-0.2, 0) is 0 Å². The van der Waals surface area contributed by atoms with Crippen molar-refractivity contribution in [3.8, 4) is 0 Å². The molecule has 17 heavy (non-hydrogen) atoms. The number of hydrogen-bond acceptors (Lipinski definition) is 2. The van der Waals surface area contributed by atoms with Crippen molar-refractivity contribution < 1.29 is 14.3 Å². The molecule has 94 valence electrons. The van der Waals surface area contributed by atoms with Gasteiger partial charge in [0.2, 0.25) is 0 Å². The maximum Gasteiger partial charge on any atom is 0.251 e. The van der Waals surface area contributed by atoms with Crippen LogP contribution in [-0.4, -0.2) is 24.2 Å². The molecule has 1 rings (SSSR count). The van der Waals surface area contributed by atoms with Crippen molar-refractivity contribution in [2.24, 2.45) is 0 Å². The maximum absolute atomic E-state index is 12.8. The molecule has 1 aromatic carbocycles. The van der Waals surface area contributed by atoms with Gasteiger partial charge in [-0.2, -0.15) is 0 Å². The zero-order chi connectivity index (χ0) is 12.7. The van der Waals surface area contributed by atoms with Gasteiger partial charge in [-0.05, 0) is 49.9 Å². The van der Waals surface area contributed by atoms with Crippen LogP contribution in [0.2, 0.25) is 0 Å². The first-order valence-corrected chi connectivity index (χ1v) is 5.80. The molecule has 0 fully saturated rings. The fraction of sp³-hybridized carbons (Fsp3) is 0.462. The number of halogens is 1. The first kappa shape index (κ1) is 13.6. The minimum absolute atomic E-state index is 0.175. The van der Waals surface area contributed by atoms with Gasteiger partial charge in [0.05, 0.1) is 0 Å². The van der Waals surface area contributed by atoms with Gasteiger partial charge in [-0.25, -0.2) is 4.39 Å². The number of hydrogen-bond donors (Lipinski definition) is 2. The summed E-state index contributed by atoms with van der Waals surface area (Å²) in [5, 5.41) is 11.4. The first-order chi connectivity index (χ1) is 8.15. The van der Waals surface area contributed by atoms with E-state index in [0.717, 1.165) is 19.3 Å². The largest absolute Gasteiger partial charge is 0.396 e. The molecule has 0 saturated carbocycles. The number of unbranched alkanes of at least 4 members (excludes halogenated alkanes) is 2. The normalized spacial score (nSPS) is 10.3. The molecule has 0 bridgehead atoms. The third kappa shape index (κ3) is 4.53. The van der Waals surface area contributed by atoms with Crippen LogP contribution in [0.1, 0.15) is 35.2 Å². The summed E-state index contributed by atoms with van der Waals surface area (Å²) < 4.78 is 12.8. The fourth-order valence-electron chi connectivity index (χ4n) is 1.59. The van der Waals surface area contributed by atoms with Gasteiger partial charge < -0.3 is 10.4 Å². The van der Waals surface area contributed by atoms with Crippen molar-refractivity contribution in [1.82, 2.24) is 5.32 Å². The van der Waals surface area contributed by atoms with Crippen LogP contribution in [0.3, 0.4) is 0 Å². The van der Waals surface area contributed by atoms with Gasteiger partial charge in [0.15, 0.2) is 0 Å². The summed E-state index contributed by atoms with van der Waals surface area (Å²) in [5.74, 6) is -0.506. The van der Waals surface area contributed by atoms with Crippen LogP contribution in [0.15, 0.2) is 18.2 Å². The van der Waals surface area contributed by atoms with Crippen LogP contribution < -0.4 is 5.32 Å². The zero-order valence-electron chi connectivity index (χ0n) is 10.0. The number of rotatable bonds is 6. The Balaban J connectivity index is 2.42. The minimum Gasteiger partial charge on any atom is -0.396 e.